The quantitative estimate of drug-likeness (QED) is 0.710. The SMILES string of the molecule is Cc1cc(Cl)ccc1C(Cl)C(C)c1ccncc1. The molecule has 0 fully saturated rings. The van der Waals surface area contributed by atoms with Gasteiger partial charge in [0.2, 0.25) is 0 Å². The molecule has 18 heavy (non-hydrogen) atoms. The molecule has 2 aromatic rings. The van der Waals surface area contributed by atoms with Gasteiger partial charge in [0, 0.05) is 23.3 Å². The fourth-order valence-corrected chi connectivity index (χ4v) is 2.67. The predicted molar refractivity (Wildman–Crippen MR) is 77.4 cm³/mol. The molecule has 1 aromatic heterocycles. The monoisotopic (exact) mass is 279 g/mol. The summed E-state index contributed by atoms with van der Waals surface area (Å²) in [6, 6.07) is 9.85. The first-order valence-electron chi connectivity index (χ1n) is 5.89. The molecule has 0 aliphatic heterocycles. The molecule has 0 saturated heterocycles. The summed E-state index contributed by atoms with van der Waals surface area (Å²) in [5.74, 6) is 0.231. The van der Waals surface area contributed by atoms with Gasteiger partial charge in [0.1, 0.15) is 0 Å². The second kappa shape index (κ2) is 5.73. The number of hydrogen-bond acceptors (Lipinski definition) is 1. The van der Waals surface area contributed by atoms with Crippen molar-refractivity contribution >= 4 is 23.2 Å². The molecule has 1 heterocycles. The number of rotatable bonds is 3. The Labute approximate surface area is 118 Å². The van der Waals surface area contributed by atoms with Crippen molar-refractivity contribution in [1.82, 2.24) is 4.98 Å². The van der Waals surface area contributed by atoms with Gasteiger partial charge in [-0.2, -0.15) is 0 Å². The molecule has 2 unspecified atom stereocenters. The second-order valence-electron chi connectivity index (χ2n) is 4.47. The van der Waals surface area contributed by atoms with Crippen LogP contribution in [-0.2, 0) is 0 Å². The standard InChI is InChI=1S/C15H15Cl2N/c1-10-9-13(16)3-4-14(10)15(17)11(2)12-5-7-18-8-6-12/h3-9,11,15H,1-2H3. The van der Waals surface area contributed by atoms with Gasteiger partial charge in [0.25, 0.3) is 0 Å². The van der Waals surface area contributed by atoms with Crippen molar-refractivity contribution in [2.45, 2.75) is 25.1 Å². The van der Waals surface area contributed by atoms with Crippen LogP contribution in [0.1, 0.15) is 34.9 Å². The summed E-state index contributed by atoms with van der Waals surface area (Å²) < 4.78 is 0. The Kier molecular flexibility index (Phi) is 4.26. The Bertz CT molecular complexity index is 525. The zero-order valence-corrected chi connectivity index (χ0v) is 11.9. The lowest BCUT2D eigenvalue weighted by molar-refractivity contribution is 0.727. The van der Waals surface area contributed by atoms with Crippen LogP contribution in [0.2, 0.25) is 5.02 Å². The van der Waals surface area contributed by atoms with E-state index in [2.05, 4.69) is 11.9 Å². The van der Waals surface area contributed by atoms with Crippen LogP contribution in [-0.4, -0.2) is 4.98 Å². The van der Waals surface area contributed by atoms with E-state index in [4.69, 9.17) is 23.2 Å². The average molecular weight is 280 g/mol. The topological polar surface area (TPSA) is 12.9 Å². The molecule has 3 heteroatoms. The number of halogens is 2. The Morgan fingerprint density at radius 1 is 1.11 bits per heavy atom. The molecule has 2 atom stereocenters. The Morgan fingerprint density at radius 2 is 1.78 bits per heavy atom. The fourth-order valence-electron chi connectivity index (χ4n) is 2.05. The minimum absolute atomic E-state index is 0.0651. The lowest BCUT2D eigenvalue weighted by atomic mass is 9.92. The number of benzene rings is 1. The first-order chi connectivity index (χ1) is 8.59. The maximum absolute atomic E-state index is 6.59. The molecule has 2 rings (SSSR count). The number of pyridine rings is 1. The number of alkyl halides is 1. The van der Waals surface area contributed by atoms with Crippen molar-refractivity contribution < 1.29 is 0 Å². The molecular weight excluding hydrogens is 265 g/mol. The largest absolute Gasteiger partial charge is 0.265 e. The second-order valence-corrected chi connectivity index (χ2v) is 5.38. The molecule has 0 aliphatic carbocycles. The summed E-state index contributed by atoms with van der Waals surface area (Å²) >= 11 is 12.6. The van der Waals surface area contributed by atoms with Crippen LogP contribution in [0.15, 0.2) is 42.7 Å². The summed E-state index contributed by atoms with van der Waals surface area (Å²) in [4.78, 5) is 4.03. The van der Waals surface area contributed by atoms with Gasteiger partial charge in [-0.15, -0.1) is 11.6 Å². The first-order valence-corrected chi connectivity index (χ1v) is 6.71. The van der Waals surface area contributed by atoms with Crippen LogP contribution < -0.4 is 0 Å². The summed E-state index contributed by atoms with van der Waals surface area (Å²) in [5, 5.41) is 0.682. The summed E-state index contributed by atoms with van der Waals surface area (Å²) in [6.07, 6.45) is 3.59. The first kappa shape index (κ1) is 13.4. The minimum Gasteiger partial charge on any atom is -0.265 e. The molecule has 0 N–H and O–H groups in total. The zero-order valence-electron chi connectivity index (χ0n) is 10.4. The van der Waals surface area contributed by atoms with E-state index in [0.717, 1.165) is 16.1 Å². The van der Waals surface area contributed by atoms with Crippen molar-refractivity contribution in [2.75, 3.05) is 0 Å². The molecule has 0 aliphatic rings. The van der Waals surface area contributed by atoms with Crippen LogP contribution in [0, 0.1) is 6.92 Å². The van der Waals surface area contributed by atoms with Crippen molar-refractivity contribution in [3.63, 3.8) is 0 Å². The van der Waals surface area contributed by atoms with E-state index >= 15 is 0 Å². The van der Waals surface area contributed by atoms with Gasteiger partial charge in [0.15, 0.2) is 0 Å². The van der Waals surface area contributed by atoms with E-state index in [1.807, 2.05) is 37.3 Å². The highest BCUT2D eigenvalue weighted by molar-refractivity contribution is 6.30. The van der Waals surface area contributed by atoms with E-state index in [1.54, 1.807) is 12.4 Å². The normalized spacial score (nSPS) is 14.2. The number of hydrogen-bond donors (Lipinski definition) is 0. The fraction of sp³-hybridized carbons (Fsp3) is 0.267. The van der Waals surface area contributed by atoms with E-state index in [0.29, 0.717) is 0 Å². The molecule has 0 amide bonds. The highest BCUT2D eigenvalue weighted by Crippen LogP contribution is 2.37. The molecule has 94 valence electrons. The van der Waals surface area contributed by atoms with Crippen LogP contribution in [0.4, 0.5) is 0 Å². The van der Waals surface area contributed by atoms with Gasteiger partial charge in [-0.05, 0) is 47.9 Å². The summed E-state index contributed by atoms with van der Waals surface area (Å²) in [6.45, 7) is 4.16. The molecular formula is C15H15Cl2N. The van der Waals surface area contributed by atoms with E-state index in [-0.39, 0.29) is 11.3 Å². The maximum atomic E-state index is 6.59. The summed E-state index contributed by atoms with van der Waals surface area (Å²) in [5.41, 5.74) is 3.45. The molecule has 0 bridgehead atoms. The number of aromatic nitrogens is 1. The molecule has 0 radical (unpaired) electrons. The lowest BCUT2D eigenvalue weighted by Crippen LogP contribution is -2.04. The van der Waals surface area contributed by atoms with Gasteiger partial charge in [-0.25, -0.2) is 0 Å². The van der Waals surface area contributed by atoms with E-state index in [1.165, 1.54) is 5.56 Å². The van der Waals surface area contributed by atoms with Gasteiger partial charge < -0.3 is 0 Å². The molecule has 0 saturated carbocycles. The van der Waals surface area contributed by atoms with Crippen molar-refractivity contribution in [1.29, 1.82) is 0 Å². The Morgan fingerprint density at radius 3 is 2.39 bits per heavy atom. The molecule has 0 spiro atoms. The molecule has 1 aromatic carbocycles. The number of nitrogens with zero attached hydrogens (tertiary/aromatic N) is 1. The zero-order chi connectivity index (χ0) is 13.1. The minimum atomic E-state index is -0.0651. The van der Waals surface area contributed by atoms with Crippen molar-refractivity contribution in [2.24, 2.45) is 0 Å². The Hall–Kier alpha value is -1.05. The smallest absolute Gasteiger partial charge is 0.0653 e. The third-order valence-electron chi connectivity index (χ3n) is 3.20. The van der Waals surface area contributed by atoms with Gasteiger partial charge in [0.05, 0.1) is 5.38 Å². The van der Waals surface area contributed by atoms with Crippen LogP contribution >= 0.6 is 23.2 Å². The highest BCUT2D eigenvalue weighted by Gasteiger charge is 2.19. The van der Waals surface area contributed by atoms with Gasteiger partial charge >= 0.3 is 0 Å². The van der Waals surface area contributed by atoms with Crippen LogP contribution in [0.3, 0.4) is 0 Å². The third-order valence-corrected chi connectivity index (χ3v) is 4.05. The predicted octanol–water partition coefficient (Wildman–Crippen LogP) is 5.13. The van der Waals surface area contributed by atoms with Crippen LogP contribution in [0.5, 0.6) is 0 Å². The van der Waals surface area contributed by atoms with Crippen molar-refractivity contribution in [3.05, 3.63) is 64.4 Å². The highest BCUT2D eigenvalue weighted by atomic mass is 35.5. The summed E-state index contributed by atoms with van der Waals surface area (Å²) in [7, 11) is 0. The van der Waals surface area contributed by atoms with Gasteiger partial charge in [-0.1, -0.05) is 24.6 Å². The van der Waals surface area contributed by atoms with E-state index in [9.17, 15) is 0 Å². The van der Waals surface area contributed by atoms with E-state index < -0.39 is 0 Å². The molecule has 1 nitrogen and oxygen atoms in total. The Balaban J connectivity index is 2.28. The lowest BCUT2D eigenvalue weighted by Gasteiger charge is -2.20. The van der Waals surface area contributed by atoms with Crippen molar-refractivity contribution in [3.8, 4) is 0 Å². The maximum Gasteiger partial charge on any atom is 0.0653 e. The number of aryl methyl sites for hydroxylation is 1. The van der Waals surface area contributed by atoms with Crippen LogP contribution in [0.25, 0.3) is 0 Å². The third kappa shape index (κ3) is 2.85. The van der Waals surface area contributed by atoms with Gasteiger partial charge in [-0.3, -0.25) is 4.98 Å². The average Bonchev–Trinajstić information content (AvgIpc) is 2.38.